The van der Waals surface area contributed by atoms with Crippen molar-refractivity contribution in [1.29, 1.82) is 0 Å². The summed E-state index contributed by atoms with van der Waals surface area (Å²) in [5, 5.41) is 11.6. The van der Waals surface area contributed by atoms with Gasteiger partial charge in [0.2, 0.25) is 0 Å². The summed E-state index contributed by atoms with van der Waals surface area (Å²) in [5.74, 6) is 0. The van der Waals surface area contributed by atoms with Crippen LogP contribution in [-0.2, 0) is 6.54 Å². The van der Waals surface area contributed by atoms with Gasteiger partial charge in [-0.3, -0.25) is 10.1 Å². The number of hydrogen-bond donors (Lipinski definition) is 0. The predicted molar refractivity (Wildman–Crippen MR) is 74.3 cm³/mol. The fourth-order valence-electron chi connectivity index (χ4n) is 1.29. The number of nitrogens with zero attached hydrogens (tertiary/aromatic N) is 3. The SMILES string of the molecule is CSC(=C[N+](=O)[O-])N(C)Cc1ccc(Cl)nc1Cl. The van der Waals surface area contributed by atoms with Crippen LogP contribution in [0.15, 0.2) is 23.4 Å². The van der Waals surface area contributed by atoms with Crippen molar-refractivity contribution in [2.24, 2.45) is 0 Å². The van der Waals surface area contributed by atoms with Crippen molar-refractivity contribution in [3.05, 3.63) is 49.3 Å². The third-order valence-corrected chi connectivity index (χ3v) is 3.47. The average molecular weight is 308 g/mol. The second kappa shape index (κ2) is 6.82. The standard InChI is InChI=1S/C10H11Cl2N3O2S/c1-14(9(18-2)6-15(16)17)5-7-3-4-8(11)13-10(7)12/h3-4,6H,5H2,1-2H3. The van der Waals surface area contributed by atoms with Crippen LogP contribution < -0.4 is 0 Å². The molecule has 1 aromatic heterocycles. The molecule has 1 rings (SSSR count). The number of pyridine rings is 1. The van der Waals surface area contributed by atoms with Gasteiger partial charge in [0.1, 0.15) is 15.3 Å². The first-order chi connectivity index (χ1) is 8.43. The number of rotatable bonds is 5. The van der Waals surface area contributed by atoms with Gasteiger partial charge in [-0.25, -0.2) is 4.98 Å². The van der Waals surface area contributed by atoms with E-state index in [-0.39, 0.29) is 0 Å². The lowest BCUT2D eigenvalue weighted by Gasteiger charge is -2.19. The first-order valence-electron chi connectivity index (χ1n) is 4.85. The highest BCUT2D eigenvalue weighted by atomic mass is 35.5. The van der Waals surface area contributed by atoms with Gasteiger partial charge in [0.05, 0.1) is 4.92 Å². The molecule has 0 saturated carbocycles. The summed E-state index contributed by atoms with van der Waals surface area (Å²) >= 11 is 12.9. The van der Waals surface area contributed by atoms with Gasteiger partial charge in [0, 0.05) is 19.2 Å². The van der Waals surface area contributed by atoms with Crippen LogP contribution in [0.2, 0.25) is 10.3 Å². The lowest BCUT2D eigenvalue weighted by Crippen LogP contribution is -2.16. The monoisotopic (exact) mass is 307 g/mol. The van der Waals surface area contributed by atoms with Gasteiger partial charge < -0.3 is 4.90 Å². The van der Waals surface area contributed by atoms with E-state index in [1.165, 1.54) is 11.8 Å². The molecule has 0 spiro atoms. The van der Waals surface area contributed by atoms with Crippen LogP contribution in [-0.4, -0.2) is 28.1 Å². The quantitative estimate of drug-likeness (QED) is 0.475. The summed E-state index contributed by atoms with van der Waals surface area (Å²) in [6, 6.07) is 3.38. The van der Waals surface area contributed by atoms with Crippen molar-refractivity contribution >= 4 is 35.0 Å². The summed E-state index contributed by atoms with van der Waals surface area (Å²) < 4.78 is 0. The van der Waals surface area contributed by atoms with E-state index in [0.717, 1.165) is 11.8 Å². The highest BCUT2D eigenvalue weighted by Crippen LogP contribution is 2.22. The highest BCUT2D eigenvalue weighted by molar-refractivity contribution is 8.02. The molecule has 0 aliphatic carbocycles. The normalized spacial score (nSPS) is 11.4. The van der Waals surface area contributed by atoms with Crippen molar-refractivity contribution < 1.29 is 4.92 Å². The molecule has 0 radical (unpaired) electrons. The minimum Gasteiger partial charge on any atom is -0.360 e. The fraction of sp³-hybridized carbons (Fsp3) is 0.300. The maximum absolute atomic E-state index is 10.5. The minimum absolute atomic E-state index is 0.302. The van der Waals surface area contributed by atoms with Gasteiger partial charge in [0.15, 0.2) is 0 Å². The Morgan fingerprint density at radius 2 is 2.28 bits per heavy atom. The van der Waals surface area contributed by atoms with Crippen LogP contribution in [0.1, 0.15) is 5.56 Å². The van der Waals surface area contributed by atoms with Gasteiger partial charge >= 0.3 is 0 Å². The molecule has 0 saturated heterocycles. The fourth-order valence-corrected chi connectivity index (χ4v) is 2.26. The van der Waals surface area contributed by atoms with E-state index in [1.54, 1.807) is 30.3 Å². The van der Waals surface area contributed by atoms with Crippen molar-refractivity contribution in [2.45, 2.75) is 6.54 Å². The molecule has 8 heteroatoms. The summed E-state index contributed by atoms with van der Waals surface area (Å²) in [6.07, 6.45) is 2.73. The third-order valence-electron chi connectivity index (χ3n) is 2.10. The largest absolute Gasteiger partial charge is 0.360 e. The van der Waals surface area contributed by atoms with Crippen LogP contribution in [0.3, 0.4) is 0 Å². The maximum Gasteiger partial charge on any atom is 0.264 e. The highest BCUT2D eigenvalue weighted by Gasteiger charge is 2.11. The van der Waals surface area contributed by atoms with E-state index in [9.17, 15) is 10.1 Å². The Bertz CT molecular complexity index is 482. The van der Waals surface area contributed by atoms with Crippen molar-refractivity contribution in [2.75, 3.05) is 13.3 Å². The molecule has 18 heavy (non-hydrogen) atoms. The van der Waals surface area contributed by atoms with Gasteiger partial charge in [-0.05, 0) is 12.3 Å². The Kier molecular flexibility index (Phi) is 5.71. The van der Waals surface area contributed by atoms with Gasteiger partial charge in [-0.15, -0.1) is 11.8 Å². The van der Waals surface area contributed by atoms with Gasteiger partial charge in [-0.1, -0.05) is 29.3 Å². The zero-order chi connectivity index (χ0) is 13.7. The van der Waals surface area contributed by atoms with Crippen LogP contribution in [0.4, 0.5) is 0 Å². The summed E-state index contributed by atoms with van der Waals surface area (Å²) in [4.78, 5) is 15.6. The van der Waals surface area contributed by atoms with E-state index < -0.39 is 4.92 Å². The lowest BCUT2D eigenvalue weighted by atomic mass is 10.3. The van der Waals surface area contributed by atoms with Gasteiger partial charge in [-0.2, -0.15) is 0 Å². The van der Waals surface area contributed by atoms with E-state index in [4.69, 9.17) is 23.2 Å². The minimum atomic E-state index is -0.482. The number of hydrogen-bond acceptors (Lipinski definition) is 5. The van der Waals surface area contributed by atoms with Crippen LogP contribution in [0.25, 0.3) is 0 Å². The topological polar surface area (TPSA) is 59.3 Å². The zero-order valence-corrected chi connectivity index (χ0v) is 12.1. The number of nitro groups is 1. The second-order valence-corrected chi connectivity index (χ2v) is 4.97. The molecular weight excluding hydrogens is 297 g/mol. The second-order valence-electron chi connectivity index (χ2n) is 3.40. The Hall–Kier alpha value is -0.980. The molecule has 0 atom stereocenters. The van der Waals surface area contributed by atoms with Crippen LogP contribution in [0.5, 0.6) is 0 Å². The lowest BCUT2D eigenvalue weighted by molar-refractivity contribution is -0.403. The third kappa shape index (κ3) is 4.36. The molecule has 0 fully saturated rings. The van der Waals surface area contributed by atoms with E-state index >= 15 is 0 Å². The molecule has 5 nitrogen and oxygen atoms in total. The van der Waals surface area contributed by atoms with Crippen molar-refractivity contribution in [1.82, 2.24) is 9.88 Å². The van der Waals surface area contributed by atoms with E-state index in [2.05, 4.69) is 4.98 Å². The Labute approximate surface area is 119 Å². The Morgan fingerprint density at radius 1 is 1.61 bits per heavy atom. The molecule has 98 valence electrons. The summed E-state index contributed by atoms with van der Waals surface area (Å²) in [5.41, 5.74) is 0.756. The molecular formula is C10H11Cl2N3O2S. The molecule has 0 aromatic carbocycles. The number of aromatic nitrogens is 1. The molecule has 1 aromatic rings. The molecule has 0 aliphatic rings. The molecule has 0 N–H and O–H groups in total. The summed E-state index contributed by atoms with van der Waals surface area (Å²) in [6.45, 7) is 0.420. The Morgan fingerprint density at radius 3 is 2.78 bits per heavy atom. The first kappa shape index (κ1) is 15.1. The molecule has 0 aliphatic heterocycles. The van der Waals surface area contributed by atoms with Crippen molar-refractivity contribution in [3.8, 4) is 0 Å². The zero-order valence-electron chi connectivity index (χ0n) is 9.76. The van der Waals surface area contributed by atoms with Gasteiger partial charge in [0.25, 0.3) is 6.20 Å². The van der Waals surface area contributed by atoms with Crippen LogP contribution >= 0.6 is 35.0 Å². The maximum atomic E-state index is 10.5. The van der Waals surface area contributed by atoms with E-state index in [1.807, 2.05) is 0 Å². The van der Waals surface area contributed by atoms with E-state index in [0.29, 0.717) is 21.9 Å². The van der Waals surface area contributed by atoms with Crippen molar-refractivity contribution in [3.63, 3.8) is 0 Å². The Balaban J connectivity index is 2.86. The number of thioether (sulfide) groups is 1. The average Bonchev–Trinajstić information content (AvgIpc) is 2.29. The molecule has 0 bridgehead atoms. The number of halogens is 2. The molecule has 0 unspecified atom stereocenters. The molecule has 0 amide bonds. The molecule has 1 heterocycles. The summed E-state index contributed by atoms with van der Waals surface area (Å²) in [7, 11) is 1.75. The smallest absolute Gasteiger partial charge is 0.264 e. The first-order valence-corrected chi connectivity index (χ1v) is 6.83. The van der Waals surface area contributed by atoms with Crippen LogP contribution in [0, 0.1) is 10.1 Å². The predicted octanol–water partition coefficient (Wildman–Crippen LogP) is 3.26.